The molecule has 1 aliphatic heterocycles. The summed E-state index contributed by atoms with van der Waals surface area (Å²) >= 11 is 0. The van der Waals surface area contributed by atoms with E-state index in [1.165, 1.54) is 70.9 Å². The van der Waals surface area contributed by atoms with Gasteiger partial charge in [0.2, 0.25) is 0 Å². The molecule has 0 amide bonds. The molecule has 1 fully saturated rings. The van der Waals surface area contributed by atoms with Crippen LogP contribution in [0.25, 0.3) is 0 Å². The third-order valence-corrected chi connectivity index (χ3v) is 5.24. The summed E-state index contributed by atoms with van der Waals surface area (Å²) in [6.45, 7) is 9.75. The second-order valence-electron chi connectivity index (χ2n) is 6.45. The molecule has 1 rings (SSSR count). The van der Waals surface area contributed by atoms with Gasteiger partial charge in [-0.25, -0.2) is 0 Å². The zero-order valence-electron chi connectivity index (χ0n) is 13.8. The van der Waals surface area contributed by atoms with Crippen LogP contribution < -0.4 is 5.32 Å². The lowest BCUT2D eigenvalue weighted by Gasteiger charge is -2.48. The molecule has 1 N–H and O–H groups in total. The van der Waals surface area contributed by atoms with E-state index in [1.807, 2.05) is 0 Å². The number of rotatable bonds is 9. The Morgan fingerprint density at radius 2 is 1.74 bits per heavy atom. The quantitative estimate of drug-likeness (QED) is 0.631. The molecule has 0 aromatic rings. The van der Waals surface area contributed by atoms with Crippen LogP contribution in [-0.2, 0) is 0 Å². The number of likely N-dealkylation sites (N-methyl/N-ethyl adjacent to an activating group) is 1. The van der Waals surface area contributed by atoms with Gasteiger partial charge in [0.1, 0.15) is 0 Å². The summed E-state index contributed by atoms with van der Waals surface area (Å²) in [7, 11) is 2.16. The molecule has 2 unspecified atom stereocenters. The maximum absolute atomic E-state index is 3.63. The predicted octanol–water partition coefficient (Wildman–Crippen LogP) is 4.20. The first-order valence-electron chi connectivity index (χ1n) is 8.61. The van der Waals surface area contributed by atoms with Crippen LogP contribution in [0.5, 0.6) is 0 Å². The first-order valence-corrected chi connectivity index (χ1v) is 8.61. The normalized spacial score (nSPS) is 22.1. The molecular weight excluding hydrogens is 232 g/mol. The number of hydrogen-bond donors (Lipinski definition) is 1. The highest BCUT2D eigenvalue weighted by atomic mass is 15.2. The Morgan fingerprint density at radius 1 is 1.05 bits per heavy atom. The van der Waals surface area contributed by atoms with Crippen molar-refractivity contribution >= 4 is 0 Å². The maximum Gasteiger partial charge on any atom is 0.0331 e. The average molecular weight is 268 g/mol. The molecule has 0 aromatic carbocycles. The molecule has 2 nitrogen and oxygen atoms in total. The van der Waals surface area contributed by atoms with Gasteiger partial charge in [-0.15, -0.1) is 0 Å². The molecule has 0 radical (unpaired) electrons. The molecule has 1 heterocycles. The Morgan fingerprint density at radius 3 is 2.26 bits per heavy atom. The SMILES string of the molecule is CCCCCCC(NC)C(C)(CC)N1CCCCC1. The second kappa shape index (κ2) is 8.97. The van der Waals surface area contributed by atoms with Gasteiger partial charge in [-0.2, -0.15) is 0 Å². The molecular formula is C17H36N2. The average Bonchev–Trinajstić information content (AvgIpc) is 2.47. The number of nitrogens with one attached hydrogen (secondary N) is 1. The van der Waals surface area contributed by atoms with Crippen molar-refractivity contribution in [2.45, 2.75) is 90.1 Å². The van der Waals surface area contributed by atoms with E-state index in [1.54, 1.807) is 0 Å². The zero-order chi connectivity index (χ0) is 14.1. The van der Waals surface area contributed by atoms with Crippen LogP contribution >= 0.6 is 0 Å². The van der Waals surface area contributed by atoms with Crippen molar-refractivity contribution in [3.05, 3.63) is 0 Å². The Labute approximate surface area is 121 Å². The Kier molecular flexibility index (Phi) is 8.01. The summed E-state index contributed by atoms with van der Waals surface area (Å²) < 4.78 is 0. The van der Waals surface area contributed by atoms with Gasteiger partial charge in [-0.1, -0.05) is 46.0 Å². The van der Waals surface area contributed by atoms with E-state index in [-0.39, 0.29) is 0 Å². The summed E-state index contributed by atoms with van der Waals surface area (Å²) in [6.07, 6.45) is 12.3. The molecule has 1 saturated heterocycles. The van der Waals surface area contributed by atoms with Crippen LogP contribution in [0.4, 0.5) is 0 Å². The van der Waals surface area contributed by atoms with Crippen LogP contribution in [0, 0.1) is 0 Å². The van der Waals surface area contributed by atoms with Gasteiger partial charge in [0.05, 0.1) is 0 Å². The fourth-order valence-electron chi connectivity index (χ4n) is 3.64. The maximum atomic E-state index is 3.63. The van der Waals surface area contributed by atoms with Crippen molar-refractivity contribution in [1.29, 1.82) is 0 Å². The lowest BCUT2D eigenvalue weighted by Crippen LogP contribution is -2.59. The van der Waals surface area contributed by atoms with E-state index in [0.717, 1.165) is 0 Å². The lowest BCUT2D eigenvalue weighted by molar-refractivity contribution is 0.0418. The molecule has 1 aliphatic rings. The van der Waals surface area contributed by atoms with Crippen molar-refractivity contribution in [3.63, 3.8) is 0 Å². The largest absolute Gasteiger partial charge is 0.315 e. The zero-order valence-corrected chi connectivity index (χ0v) is 13.8. The minimum atomic E-state index is 0.349. The fourth-order valence-corrected chi connectivity index (χ4v) is 3.64. The first kappa shape index (κ1) is 17.0. The predicted molar refractivity (Wildman–Crippen MR) is 85.7 cm³/mol. The van der Waals surface area contributed by atoms with Crippen molar-refractivity contribution in [3.8, 4) is 0 Å². The van der Waals surface area contributed by atoms with E-state index >= 15 is 0 Å². The summed E-state index contributed by atoms with van der Waals surface area (Å²) in [6, 6.07) is 0.646. The molecule has 19 heavy (non-hydrogen) atoms. The van der Waals surface area contributed by atoms with Crippen LogP contribution in [0.15, 0.2) is 0 Å². The van der Waals surface area contributed by atoms with Crippen molar-refractivity contribution < 1.29 is 0 Å². The summed E-state index contributed by atoms with van der Waals surface area (Å²) in [5.41, 5.74) is 0.349. The van der Waals surface area contributed by atoms with Gasteiger partial charge in [0.15, 0.2) is 0 Å². The highest BCUT2D eigenvalue weighted by Gasteiger charge is 2.37. The van der Waals surface area contributed by atoms with Crippen LogP contribution in [0.1, 0.15) is 78.6 Å². The molecule has 114 valence electrons. The van der Waals surface area contributed by atoms with Gasteiger partial charge in [0, 0.05) is 11.6 Å². The number of nitrogens with zero attached hydrogens (tertiary/aromatic N) is 1. The third kappa shape index (κ3) is 4.75. The van der Waals surface area contributed by atoms with Gasteiger partial charge in [-0.3, -0.25) is 4.90 Å². The minimum Gasteiger partial charge on any atom is -0.315 e. The number of piperidine rings is 1. The molecule has 2 atom stereocenters. The fraction of sp³-hybridized carbons (Fsp3) is 1.00. The Balaban J connectivity index is 2.56. The van der Waals surface area contributed by atoms with E-state index < -0.39 is 0 Å². The van der Waals surface area contributed by atoms with E-state index in [4.69, 9.17) is 0 Å². The number of unbranched alkanes of at least 4 members (excludes halogenated alkanes) is 3. The van der Waals surface area contributed by atoms with E-state index in [0.29, 0.717) is 11.6 Å². The summed E-state index contributed by atoms with van der Waals surface area (Å²) in [4.78, 5) is 2.76. The Hall–Kier alpha value is -0.0800. The highest BCUT2D eigenvalue weighted by Crippen LogP contribution is 2.29. The molecule has 0 spiro atoms. The molecule has 0 aromatic heterocycles. The van der Waals surface area contributed by atoms with Crippen LogP contribution in [0.3, 0.4) is 0 Å². The van der Waals surface area contributed by atoms with Crippen LogP contribution in [-0.4, -0.2) is 36.6 Å². The van der Waals surface area contributed by atoms with Crippen LogP contribution in [0.2, 0.25) is 0 Å². The Bertz CT molecular complexity index is 223. The topological polar surface area (TPSA) is 15.3 Å². The monoisotopic (exact) mass is 268 g/mol. The van der Waals surface area contributed by atoms with Gasteiger partial charge < -0.3 is 5.32 Å². The summed E-state index contributed by atoms with van der Waals surface area (Å²) in [5.74, 6) is 0. The number of hydrogen-bond acceptors (Lipinski definition) is 2. The van der Waals surface area contributed by atoms with Gasteiger partial charge >= 0.3 is 0 Å². The van der Waals surface area contributed by atoms with Crippen molar-refractivity contribution in [2.75, 3.05) is 20.1 Å². The van der Waals surface area contributed by atoms with E-state index in [9.17, 15) is 0 Å². The lowest BCUT2D eigenvalue weighted by atomic mass is 9.83. The molecule has 0 aliphatic carbocycles. The smallest absolute Gasteiger partial charge is 0.0331 e. The molecule has 2 heteroatoms. The van der Waals surface area contributed by atoms with Crippen molar-refractivity contribution in [2.24, 2.45) is 0 Å². The number of likely N-dealkylation sites (tertiary alicyclic amines) is 1. The minimum absolute atomic E-state index is 0.349. The van der Waals surface area contributed by atoms with Gasteiger partial charge in [0.25, 0.3) is 0 Å². The third-order valence-electron chi connectivity index (χ3n) is 5.24. The second-order valence-corrected chi connectivity index (χ2v) is 6.45. The molecule has 0 bridgehead atoms. The van der Waals surface area contributed by atoms with Crippen molar-refractivity contribution in [1.82, 2.24) is 10.2 Å². The first-order chi connectivity index (χ1) is 9.19. The van der Waals surface area contributed by atoms with E-state index in [2.05, 4.69) is 38.0 Å². The molecule has 0 saturated carbocycles. The summed E-state index contributed by atoms with van der Waals surface area (Å²) in [5, 5.41) is 3.63. The highest BCUT2D eigenvalue weighted by molar-refractivity contribution is 4.96. The van der Waals surface area contributed by atoms with Gasteiger partial charge in [-0.05, 0) is 52.7 Å². The standard InChI is InChI=1S/C17H36N2/c1-5-7-8-10-13-16(18-4)17(3,6-2)19-14-11-9-12-15-19/h16,18H,5-15H2,1-4H3.